The molecule has 0 fully saturated rings. The van der Waals surface area contributed by atoms with Crippen LogP contribution in [-0.4, -0.2) is 14.7 Å². The minimum atomic E-state index is -3.54. The molecular weight excluding hydrogens is 288 g/mol. The normalized spacial score (nSPS) is 11.3. The third-order valence-electron chi connectivity index (χ3n) is 2.54. The van der Waals surface area contributed by atoms with Crippen molar-refractivity contribution >= 4 is 15.5 Å². The van der Waals surface area contributed by atoms with Crippen LogP contribution in [0.15, 0.2) is 41.3 Å². The van der Waals surface area contributed by atoms with Crippen molar-refractivity contribution in [2.75, 3.05) is 12.0 Å². The molecular formula is C13H11F2NO3S. The van der Waals surface area contributed by atoms with Crippen LogP contribution < -0.4 is 10.5 Å². The summed E-state index contributed by atoms with van der Waals surface area (Å²) in [6.45, 7) is 0. The van der Waals surface area contributed by atoms with Crippen LogP contribution in [0.3, 0.4) is 0 Å². The number of nitrogens with two attached hydrogens (primary N) is 1. The van der Waals surface area contributed by atoms with Crippen molar-refractivity contribution in [3.8, 4) is 11.5 Å². The fourth-order valence-electron chi connectivity index (χ4n) is 1.61. The van der Waals surface area contributed by atoms with Gasteiger partial charge in [0.25, 0.3) is 0 Å². The van der Waals surface area contributed by atoms with Crippen molar-refractivity contribution in [3.05, 3.63) is 48.0 Å². The highest BCUT2D eigenvalue weighted by molar-refractivity contribution is 7.90. The number of benzene rings is 2. The number of rotatable bonds is 3. The maximum Gasteiger partial charge on any atom is 0.177 e. The molecule has 0 saturated heterocycles. The largest absolute Gasteiger partial charge is 0.452 e. The molecule has 0 spiro atoms. The highest BCUT2D eigenvalue weighted by atomic mass is 32.2. The molecule has 0 unspecified atom stereocenters. The summed E-state index contributed by atoms with van der Waals surface area (Å²) in [4.78, 5) is -0.133. The van der Waals surface area contributed by atoms with Gasteiger partial charge in [-0.2, -0.15) is 0 Å². The standard InChI is InChI=1S/C13H11F2NO3S/c1-20(17,18)12-4-2-3-10(13(12)16)19-11-7-8(14)5-6-9(11)15/h2-7H,16H2,1H3. The molecule has 7 heteroatoms. The maximum atomic E-state index is 13.5. The van der Waals surface area contributed by atoms with Crippen molar-refractivity contribution in [3.63, 3.8) is 0 Å². The molecule has 106 valence electrons. The van der Waals surface area contributed by atoms with Gasteiger partial charge in [0, 0.05) is 12.3 Å². The predicted molar refractivity (Wildman–Crippen MR) is 70.4 cm³/mol. The molecule has 4 nitrogen and oxygen atoms in total. The van der Waals surface area contributed by atoms with Gasteiger partial charge in [0.1, 0.15) is 5.82 Å². The first kappa shape index (κ1) is 14.3. The number of anilines is 1. The van der Waals surface area contributed by atoms with E-state index in [1.165, 1.54) is 18.2 Å². The lowest BCUT2D eigenvalue weighted by Crippen LogP contribution is -2.04. The van der Waals surface area contributed by atoms with Crippen LogP contribution >= 0.6 is 0 Å². The number of nitrogen functional groups attached to an aromatic ring is 1. The minimum Gasteiger partial charge on any atom is -0.452 e. The van der Waals surface area contributed by atoms with Gasteiger partial charge in [-0.25, -0.2) is 17.2 Å². The average Bonchev–Trinajstić information content (AvgIpc) is 2.35. The van der Waals surface area contributed by atoms with E-state index >= 15 is 0 Å². The van der Waals surface area contributed by atoms with E-state index < -0.39 is 21.5 Å². The van der Waals surface area contributed by atoms with E-state index in [2.05, 4.69) is 0 Å². The van der Waals surface area contributed by atoms with E-state index in [0.29, 0.717) is 0 Å². The zero-order valence-electron chi connectivity index (χ0n) is 10.4. The van der Waals surface area contributed by atoms with Crippen molar-refractivity contribution in [2.24, 2.45) is 0 Å². The van der Waals surface area contributed by atoms with Gasteiger partial charge in [-0.05, 0) is 24.3 Å². The molecule has 0 saturated carbocycles. The van der Waals surface area contributed by atoms with Crippen molar-refractivity contribution in [1.82, 2.24) is 0 Å². The van der Waals surface area contributed by atoms with Gasteiger partial charge in [-0.3, -0.25) is 0 Å². The summed E-state index contributed by atoms with van der Waals surface area (Å²) >= 11 is 0. The quantitative estimate of drug-likeness (QED) is 0.885. The average molecular weight is 299 g/mol. The van der Waals surface area contributed by atoms with Crippen molar-refractivity contribution < 1.29 is 21.9 Å². The third-order valence-corrected chi connectivity index (χ3v) is 3.69. The number of para-hydroxylation sites is 1. The fourth-order valence-corrected chi connectivity index (χ4v) is 2.44. The minimum absolute atomic E-state index is 0.0579. The second kappa shape index (κ2) is 5.09. The van der Waals surface area contributed by atoms with Crippen LogP contribution in [0.2, 0.25) is 0 Å². The van der Waals surface area contributed by atoms with Gasteiger partial charge in [-0.15, -0.1) is 0 Å². The van der Waals surface area contributed by atoms with Gasteiger partial charge < -0.3 is 10.5 Å². The van der Waals surface area contributed by atoms with E-state index in [9.17, 15) is 17.2 Å². The first-order chi connectivity index (χ1) is 9.29. The van der Waals surface area contributed by atoms with Crippen molar-refractivity contribution in [2.45, 2.75) is 4.90 Å². The summed E-state index contributed by atoms with van der Waals surface area (Å²) < 4.78 is 54.7. The van der Waals surface area contributed by atoms with Crippen LogP contribution in [-0.2, 0) is 9.84 Å². The molecule has 0 radical (unpaired) electrons. The second-order valence-corrected chi connectivity index (χ2v) is 6.10. The molecule has 0 amide bonds. The summed E-state index contributed by atoms with van der Waals surface area (Å²) in [5.41, 5.74) is 5.53. The van der Waals surface area contributed by atoms with Crippen LogP contribution in [0.5, 0.6) is 11.5 Å². The zero-order chi connectivity index (χ0) is 14.9. The Morgan fingerprint density at radius 1 is 1.10 bits per heavy atom. The molecule has 20 heavy (non-hydrogen) atoms. The van der Waals surface area contributed by atoms with Gasteiger partial charge >= 0.3 is 0 Å². The molecule has 0 aliphatic carbocycles. The SMILES string of the molecule is CS(=O)(=O)c1cccc(Oc2cc(F)ccc2F)c1N. The third kappa shape index (κ3) is 2.88. The van der Waals surface area contributed by atoms with Gasteiger partial charge in [0.15, 0.2) is 27.2 Å². The van der Waals surface area contributed by atoms with Gasteiger partial charge in [0.2, 0.25) is 0 Å². The Morgan fingerprint density at radius 2 is 1.80 bits per heavy atom. The maximum absolute atomic E-state index is 13.5. The molecule has 0 aliphatic heterocycles. The Labute approximate surface area is 114 Å². The smallest absolute Gasteiger partial charge is 0.177 e. The Balaban J connectivity index is 2.47. The Bertz CT molecular complexity index is 760. The summed E-state index contributed by atoms with van der Waals surface area (Å²) in [5, 5.41) is 0. The number of hydrogen-bond donors (Lipinski definition) is 1. The molecule has 2 N–H and O–H groups in total. The first-order valence-corrected chi connectivity index (χ1v) is 7.39. The fraction of sp³-hybridized carbons (Fsp3) is 0.0769. The lowest BCUT2D eigenvalue weighted by molar-refractivity contribution is 0.437. The van der Waals surface area contributed by atoms with E-state index in [4.69, 9.17) is 10.5 Å². The molecule has 2 aromatic rings. The molecule has 0 heterocycles. The Morgan fingerprint density at radius 3 is 2.45 bits per heavy atom. The number of halogens is 2. The Hall–Kier alpha value is -2.15. The molecule has 0 atom stereocenters. The lowest BCUT2D eigenvalue weighted by Gasteiger charge is -2.11. The molecule has 0 aliphatic rings. The molecule has 2 rings (SSSR count). The first-order valence-electron chi connectivity index (χ1n) is 5.50. The number of ether oxygens (including phenoxy) is 1. The van der Waals surface area contributed by atoms with Crippen LogP contribution in [0, 0.1) is 11.6 Å². The summed E-state index contributed by atoms with van der Waals surface area (Å²) in [6, 6.07) is 6.77. The number of sulfone groups is 1. The van der Waals surface area contributed by atoms with Crippen molar-refractivity contribution in [1.29, 1.82) is 0 Å². The topological polar surface area (TPSA) is 69.4 Å². The van der Waals surface area contributed by atoms with Crippen LogP contribution in [0.1, 0.15) is 0 Å². The summed E-state index contributed by atoms with van der Waals surface area (Å²) in [7, 11) is -3.54. The zero-order valence-corrected chi connectivity index (χ0v) is 11.2. The van der Waals surface area contributed by atoms with Gasteiger partial charge in [0.05, 0.1) is 10.6 Å². The molecule has 0 bridgehead atoms. The van der Waals surface area contributed by atoms with E-state index in [1.54, 1.807) is 0 Å². The highest BCUT2D eigenvalue weighted by Crippen LogP contribution is 2.33. The van der Waals surface area contributed by atoms with Crippen LogP contribution in [0.4, 0.5) is 14.5 Å². The van der Waals surface area contributed by atoms with E-state index in [0.717, 1.165) is 24.5 Å². The van der Waals surface area contributed by atoms with Gasteiger partial charge in [-0.1, -0.05) is 6.07 Å². The van der Waals surface area contributed by atoms with E-state index in [1.807, 2.05) is 0 Å². The molecule has 0 aromatic heterocycles. The summed E-state index contributed by atoms with van der Waals surface area (Å²) in [5.74, 6) is -1.89. The summed E-state index contributed by atoms with van der Waals surface area (Å²) in [6.07, 6.45) is 0.991. The van der Waals surface area contributed by atoms with E-state index in [-0.39, 0.29) is 22.1 Å². The highest BCUT2D eigenvalue weighted by Gasteiger charge is 2.16. The monoisotopic (exact) mass is 299 g/mol. The predicted octanol–water partition coefficient (Wildman–Crippen LogP) is 2.74. The Kier molecular flexibility index (Phi) is 3.63. The molecule has 2 aromatic carbocycles. The number of hydrogen-bond acceptors (Lipinski definition) is 4. The van der Waals surface area contributed by atoms with Crippen LogP contribution in [0.25, 0.3) is 0 Å². The lowest BCUT2D eigenvalue weighted by atomic mass is 10.3. The second-order valence-electron chi connectivity index (χ2n) is 4.12.